The molecule has 2 unspecified atom stereocenters. The van der Waals surface area contributed by atoms with Crippen LogP contribution in [0.2, 0.25) is 0 Å². The first-order valence-corrected chi connectivity index (χ1v) is 13.8. The van der Waals surface area contributed by atoms with Gasteiger partial charge in [-0.2, -0.15) is 5.26 Å². The van der Waals surface area contributed by atoms with Gasteiger partial charge in [0.05, 0.1) is 11.6 Å². The molecule has 0 radical (unpaired) electrons. The van der Waals surface area contributed by atoms with Gasteiger partial charge in [-0.3, -0.25) is 4.79 Å². The summed E-state index contributed by atoms with van der Waals surface area (Å²) in [6.07, 6.45) is 11.2. The maximum Gasteiger partial charge on any atom is 0.221 e. The Bertz CT molecular complexity index is 1130. The number of benzene rings is 2. The number of anilines is 1. The summed E-state index contributed by atoms with van der Waals surface area (Å²) in [7, 11) is 0. The third-order valence-corrected chi connectivity index (χ3v) is 8.72. The molecule has 3 aliphatic rings. The van der Waals surface area contributed by atoms with Gasteiger partial charge in [-0.1, -0.05) is 31.9 Å². The van der Waals surface area contributed by atoms with Crippen LogP contribution in [0.5, 0.6) is 0 Å². The van der Waals surface area contributed by atoms with Gasteiger partial charge in [-0.25, -0.2) is 8.78 Å². The highest BCUT2D eigenvalue weighted by Crippen LogP contribution is 2.64. The summed E-state index contributed by atoms with van der Waals surface area (Å²) in [6, 6.07) is 13.9. The van der Waals surface area contributed by atoms with Crippen molar-refractivity contribution in [1.82, 2.24) is 4.90 Å². The predicted molar refractivity (Wildman–Crippen MR) is 143 cm³/mol. The Labute approximate surface area is 220 Å². The zero-order valence-corrected chi connectivity index (χ0v) is 22.1. The number of halogens is 2. The summed E-state index contributed by atoms with van der Waals surface area (Å²) in [5.41, 5.74) is 2.95. The fourth-order valence-electron chi connectivity index (χ4n) is 6.26. The molecule has 0 spiro atoms. The normalized spacial score (nSPS) is 24.9. The first kappa shape index (κ1) is 27.3. The molecule has 3 fully saturated rings. The van der Waals surface area contributed by atoms with Crippen molar-refractivity contribution in [2.75, 3.05) is 25.0 Å². The molecule has 37 heavy (non-hydrogen) atoms. The van der Waals surface area contributed by atoms with Crippen LogP contribution < -0.4 is 5.32 Å². The summed E-state index contributed by atoms with van der Waals surface area (Å²) >= 11 is 0. The number of nitrogens with zero attached hydrogens (tertiary/aromatic N) is 2. The topological polar surface area (TPSA) is 56.1 Å². The number of amides is 1. The Hall–Kier alpha value is -2.78. The molecule has 198 valence electrons. The van der Waals surface area contributed by atoms with E-state index < -0.39 is 11.6 Å². The largest absolute Gasteiger partial charge is 0.326 e. The van der Waals surface area contributed by atoms with Crippen LogP contribution in [0.3, 0.4) is 0 Å². The molecule has 5 rings (SSSR count). The number of hydrogen-bond acceptors (Lipinski definition) is 3. The fourth-order valence-corrected chi connectivity index (χ4v) is 6.26. The van der Waals surface area contributed by atoms with Crippen molar-refractivity contribution in [2.24, 2.45) is 17.8 Å². The molecular formula is C31H39F2N3O. The van der Waals surface area contributed by atoms with Crippen LogP contribution in [0.25, 0.3) is 0 Å². The smallest absolute Gasteiger partial charge is 0.221 e. The summed E-state index contributed by atoms with van der Waals surface area (Å²) < 4.78 is 24.9. The molecule has 0 aromatic heterocycles. The highest BCUT2D eigenvalue weighted by molar-refractivity contribution is 5.88. The molecule has 1 amide bonds. The third kappa shape index (κ3) is 6.96. The lowest BCUT2D eigenvalue weighted by Gasteiger charge is -2.33. The number of likely N-dealkylation sites (tertiary alicyclic amines) is 1. The van der Waals surface area contributed by atoms with Crippen LogP contribution in [0.1, 0.15) is 76.3 Å². The number of unbranched alkanes of at least 4 members (excludes halogenated alkanes) is 1. The van der Waals surface area contributed by atoms with E-state index in [1.165, 1.54) is 89.6 Å². The van der Waals surface area contributed by atoms with E-state index >= 15 is 0 Å². The summed E-state index contributed by atoms with van der Waals surface area (Å²) in [4.78, 5) is 13.1. The average Bonchev–Trinajstić information content (AvgIpc) is 3.60. The highest BCUT2D eigenvalue weighted by Gasteiger charge is 2.57. The molecule has 2 aromatic carbocycles. The van der Waals surface area contributed by atoms with Crippen LogP contribution in [-0.2, 0) is 10.2 Å². The van der Waals surface area contributed by atoms with Crippen molar-refractivity contribution in [3.63, 3.8) is 0 Å². The van der Waals surface area contributed by atoms with Crippen molar-refractivity contribution >= 4 is 11.6 Å². The molecule has 2 aromatic rings. The van der Waals surface area contributed by atoms with Crippen LogP contribution in [0.15, 0.2) is 42.5 Å². The number of nitriles is 1. The molecule has 1 N–H and O–H groups in total. The fraction of sp³-hybridized carbons (Fsp3) is 0.548. The summed E-state index contributed by atoms with van der Waals surface area (Å²) in [5.74, 6) is 0.485. The number of nitrogens with one attached hydrogen (secondary N) is 1. The maximum atomic E-state index is 12.5. The van der Waals surface area contributed by atoms with Gasteiger partial charge >= 0.3 is 0 Å². The second-order valence-electron chi connectivity index (χ2n) is 11.3. The van der Waals surface area contributed by atoms with E-state index in [4.69, 9.17) is 0 Å². The van der Waals surface area contributed by atoms with Crippen molar-refractivity contribution in [3.05, 3.63) is 65.2 Å². The molecule has 1 heterocycles. The monoisotopic (exact) mass is 507 g/mol. The van der Waals surface area contributed by atoms with Crippen LogP contribution in [-0.4, -0.2) is 30.4 Å². The highest BCUT2D eigenvalue weighted by atomic mass is 19.2. The van der Waals surface area contributed by atoms with E-state index in [9.17, 15) is 18.8 Å². The van der Waals surface area contributed by atoms with E-state index in [1.807, 2.05) is 6.07 Å². The molecule has 6 heteroatoms. The van der Waals surface area contributed by atoms with E-state index in [-0.39, 0.29) is 11.6 Å². The molecule has 0 bridgehead atoms. The zero-order chi connectivity index (χ0) is 26.4. The molecule has 4 atom stereocenters. The number of carbonyl (C=O) groups excluding carboxylic acids is 1. The minimum atomic E-state index is -0.971. The second-order valence-corrected chi connectivity index (χ2v) is 11.3. The third-order valence-electron chi connectivity index (χ3n) is 8.72. The van der Waals surface area contributed by atoms with Crippen molar-refractivity contribution < 1.29 is 13.6 Å². The molecule has 2 saturated carbocycles. The quantitative estimate of drug-likeness (QED) is 0.390. The lowest BCUT2D eigenvalue weighted by atomic mass is 9.73. The number of fused-ring (bicyclic) bond motifs is 1. The first-order valence-electron chi connectivity index (χ1n) is 13.8. The SMILES string of the molecule is CC(=O)Nc1ccc(F)c(F)c1.C[C@@H](CCCCN1CCC1)C1CC[C@]2(c3cccc(C#N)c3)CC2C1. The number of hydrogen-bond donors (Lipinski definition) is 1. The second kappa shape index (κ2) is 12.2. The Morgan fingerprint density at radius 2 is 2.00 bits per heavy atom. The van der Waals surface area contributed by atoms with E-state index in [0.29, 0.717) is 5.41 Å². The standard InChI is InChI=1S/C23H32N2.C8H7F2NO/c1-18(6-2-3-11-25-12-5-13-25)20-9-10-23(16-22(23)15-20)21-8-4-7-19(14-21)17-24;1-5(12)11-6-2-3-7(9)8(10)4-6/h4,7-8,14,18,20,22H,2-3,5-6,9-13,15-16H2,1H3;2-4H,1H3,(H,11,12)/t18-,20?,22?,23+;/m0./s1. The van der Waals surface area contributed by atoms with Gasteiger partial charge in [-0.05, 0) is 111 Å². The van der Waals surface area contributed by atoms with Crippen LogP contribution in [0.4, 0.5) is 14.5 Å². The number of rotatable bonds is 8. The summed E-state index contributed by atoms with van der Waals surface area (Å²) in [6.45, 7) is 7.81. The van der Waals surface area contributed by atoms with Crippen molar-refractivity contribution in [2.45, 2.75) is 70.6 Å². The maximum absolute atomic E-state index is 12.5. The molecule has 1 aliphatic heterocycles. The Morgan fingerprint density at radius 3 is 2.65 bits per heavy atom. The van der Waals surface area contributed by atoms with Gasteiger partial charge in [0.1, 0.15) is 0 Å². The predicted octanol–water partition coefficient (Wildman–Crippen LogP) is 7.05. The van der Waals surface area contributed by atoms with Crippen molar-refractivity contribution in [1.29, 1.82) is 5.26 Å². The average molecular weight is 508 g/mol. The van der Waals surface area contributed by atoms with Gasteiger partial charge in [-0.15, -0.1) is 0 Å². The first-order chi connectivity index (χ1) is 17.8. The van der Waals surface area contributed by atoms with Crippen LogP contribution >= 0.6 is 0 Å². The van der Waals surface area contributed by atoms with Gasteiger partial charge in [0, 0.05) is 18.7 Å². The van der Waals surface area contributed by atoms with Gasteiger partial charge in [0.2, 0.25) is 5.91 Å². The zero-order valence-electron chi connectivity index (χ0n) is 22.1. The summed E-state index contributed by atoms with van der Waals surface area (Å²) in [5, 5.41) is 11.5. The lowest BCUT2D eigenvalue weighted by molar-refractivity contribution is -0.114. The Morgan fingerprint density at radius 1 is 1.19 bits per heavy atom. The van der Waals surface area contributed by atoms with E-state index in [0.717, 1.165) is 35.4 Å². The molecule has 2 aliphatic carbocycles. The number of carbonyl (C=O) groups is 1. The van der Waals surface area contributed by atoms with Gasteiger partial charge in [0.15, 0.2) is 11.6 Å². The Balaban J connectivity index is 0.000000225. The van der Waals surface area contributed by atoms with E-state index in [1.54, 1.807) is 0 Å². The molecular weight excluding hydrogens is 468 g/mol. The molecule has 1 saturated heterocycles. The Kier molecular flexibility index (Phi) is 8.97. The minimum absolute atomic E-state index is 0.251. The van der Waals surface area contributed by atoms with Gasteiger partial charge in [0.25, 0.3) is 0 Å². The van der Waals surface area contributed by atoms with E-state index in [2.05, 4.69) is 41.4 Å². The minimum Gasteiger partial charge on any atom is -0.326 e. The van der Waals surface area contributed by atoms with Gasteiger partial charge < -0.3 is 10.2 Å². The van der Waals surface area contributed by atoms with Crippen molar-refractivity contribution in [3.8, 4) is 6.07 Å². The lowest BCUT2D eigenvalue weighted by Crippen LogP contribution is -2.37. The molecule has 4 nitrogen and oxygen atoms in total. The van der Waals surface area contributed by atoms with Crippen LogP contribution in [0, 0.1) is 40.7 Å².